The Hall–Kier alpha value is -0.880. The average Bonchev–Trinajstić information content (AvgIpc) is 2.48. The van der Waals surface area contributed by atoms with Crippen molar-refractivity contribution in [3.05, 3.63) is 42.5 Å². The second-order valence-corrected chi connectivity index (χ2v) is 6.92. The van der Waals surface area contributed by atoms with E-state index in [1.54, 1.807) is 0 Å². The first-order chi connectivity index (χ1) is 9.66. The molecule has 1 heterocycles. The third-order valence-corrected chi connectivity index (χ3v) is 5.37. The van der Waals surface area contributed by atoms with E-state index in [1.165, 1.54) is 11.8 Å². The van der Waals surface area contributed by atoms with Crippen molar-refractivity contribution in [2.45, 2.75) is 22.9 Å². The van der Waals surface area contributed by atoms with Gasteiger partial charge in [-0.15, -0.1) is 11.8 Å². The van der Waals surface area contributed by atoms with Gasteiger partial charge in [0, 0.05) is 11.1 Å². The molecule has 2 aromatic rings. The van der Waals surface area contributed by atoms with Crippen LogP contribution in [0.5, 0.6) is 5.75 Å². The van der Waals surface area contributed by atoms with E-state index in [4.69, 9.17) is 4.74 Å². The molecule has 0 spiro atoms. The number of aliphatic hydroxyl groups excluding tert-OH is 2. The number of hydrogen-bond acceptors (Lipinski definition) is 5. The lowest BCUT2D eigenvalue weighted by atomic mass is 10.1. The molecule has 1 saturated heterocycles. The molecule has 0 amide bonds. The van der Waals surface area contributed by atoms with Gasteiger partial charge in [-0.05, 0) is 11.5 Å². The Labute approximate surface area is 127 Å². The zero-order valence-corrected chi connectivity index (χ0v) is 12.4. The van der Waals surface area contributed by atoms with Crippen LogP contribution < -0.4 is 4.74 Å². The highest BCUT2D eigenvalue weighted by Crippen LogP contribution is 2.33. The average molecular weight is 308 g/mol. The first kappa shape index (κ1) is 14.1. The standard InChI is InChI=1S/C15H16O3S2/c16-11-8-20-15(19)13(17)14(11)18-12-7-3-5-9-4-1-2-6-10(9)12/h1-7,11,13-17,19H,8H2/t11-,13-,14+,15-/m1/s1. The van der Waals surface area contributed by atoms with Crippen LogP contribution in [-0.4, -0.2) is 38.9 Å². The van der Waals surface area contributed by atoms with Crippen LogP contribution >= 0.6 is 24.4 Å². The first-order valence-corrected chi connectivity index (χ1v) is 8.03. The highest BCUT2D eigenvalue weighted by atomic mass is 32.2. The van der Waals surface area contributed by atoms with E-state index < -0.39 is 18.3 Å². The molecule has 2 aromatic carbocycles. The first-order valence-electron chi connectivity index (χ1n) is 6.47. The Morgan fingerprint density at radius 3 is 2.70 bits per heavy atom. The summed E-state index contributed by atoms with van der Waals surface area (Å²) in [6.07, 6.45) is -2.15. The van der Waals surface area contributed by atoms with E-state index in [-0.39, 0.29) is 4.58 Å². The summed E-state index contributed by atoms with van der Waals surface area (Å²) in [7, 11) is 0. The van der Waals surface area contributed by atoms with Crippen molar-refractivity contribution in [3.8, 4) is 5.75 Å². The van der Waals surface area contributed by atoms with E-state index in [1.807, 2.05) is 42.5 Å². The zero-order chi connectivity index (χ0) is 14.1. The minimum atomic E-state index is -0.800. The molecule has 0 aliphatic carbocycles. The van der Waals surface area contributed by atoms with Crippen LogP contribution in [0.1, 0.15) is 0 Å². The minimum Gasteiger partial charge on any atom is -0.484 e. The summed E-state index contributed by atoms with van der Waals surface area (Å²) in [5.74, 6) is 1.19. The van der Waals surface area contributed by atoms with Crippen LogP contribution in [-0.2, 0) is 0 Å². The molecule has 4 atom stereocenters. The highest BCUT2D eigenvalue weighted by molar-refractivity contribution is 8.10. The van der Waals surface area contributed by atoms with Gasteiger partial charge in [-0.2, -0.15) is 12.6 Å². The molecule has 2 N–H and O–H groups in total. The van der Waals surface area contributed by atoms with Gasteiger partial charge in [0.15, 0.2) is 6.10 Å². The lowest BCUT2D eigenvalue weighted by Crippen LogP contribution is -2.50. The fraction of sp³-hybridized carbons (Fsp3) is 0.333. The van der Waals surface area contributed by atoms with Crippen molar-refractivity contribution in [3.63, 3.8) is 0 Å². The molecular formula is C15H16O3S2. The van der Waals surface area contributed by atoms with Crippen LogP contribution in [0.2, 0.25) is 0 Å². The number of rotatable bonds is 2. The number of ether oxygens (including phenoxy) is 1. The summed E-state index contributed by atoms with van der Waals surface area (Å²) in [6.45, 7) is 0. The van der Waals surface area contributed by atoms with Gasteiger partial charge in [-0.25, -0.2) is 0 Å². The van der Waals surface area contributed by atoms with Gasteiger partial charge in [0.05, 0.1) is 4.58 Å². The van der Waals surface area contributed by atoms with Crippen LogP contribution in [0.3, 0.4) is 0 Å². The minimum absolute atomic E-state index is 0.238. The molecule has 1 aliphatic rings. The number of aliphatic hydroxyl groups is 2. The molecule has 0 aromatic heterocycles. The summed E-state index contributed by atoms with van der Waals surface area (Å²) in [5, 5.41) is 22.3. The fourth-order valence-electron chi connectivity index (χ4n) is 2.37. The van der Waals surface area contributed by atoms with Crippen molar-refractivity contribution in [1.82, 2.24) is 0 Å². The number of thioether (sulfide) groups is 1. The van der Waals surface area contributed by atoms with E-state index in [9.17, 15) is 10.2 Å². The largest absolute Gasteiger partial charge is 0.484 e. The molecule has 5 heteroatoms. The second kappa shape index (κ2) is 5.85. The van der Waals surface area contributed by atoms with Gasteiger partial charge < -0.3 is 14.9 Å². The molecule has 20 heavy (non-hydrogen) atoms. The monoisotopic (exact) mass is 308 g/mol. The summed E-state index contributed by atoms with van der Waals surface area (Å²) in [4.78, 5) is 0. The Morgan fingerprint density at radius 1 is 1.10 bits per heavy atom. The quantitative estimate of drug-likeness (QED) is 0.745. The third-order valence-electron chi connectivity index (χ3n) is 3.46. The fourth-order valence-corrected chi connectivity index (χ4v) is 3.74. The Morgan fingerprint density at radius 2 is 1.85 bits per heavy atom. The van der Waals surface area contributed by atoms with Crippen molar-refractivity contribution in [1.29, 1.82) is 0 Å². The Balaban J connectivity index is 1.92. The second-order valence-electron chi connectivity index (χ2n) is 4.84. The molecule has 1 aliphatic heterocycles. The van der Waals surface area contributed by atoms with Crippen molar-refractivity contribution in [2.75, 3.05) is 5.75 Å². The van der Waals surface area contributed by atoms with E-state index in [0.29, 0.717) is 11.5 Å². The SMILES string of the molecule is O[C@@H]1[C@@H](Oc2cccc3ccccc23)[C@H](O)CS[C@H]1S. The predicted octanol–water partition coefficient (Wildman–Crippen LogP) is 2.31. The smallest absolute Gasteiger partial charge is 0.153 e. The summed E-state index contributed by atoms with van der Waals surface area (Å²) < 4.78 is 5.66. The summed E-state index contributed by atoms with van der Waals surface area (Å²) in [5.41, 5.74) is 0. The van der Waals surface area contributed by atoms with Crippen LogP contribution in [0.25, 0.3) is 10.8 Å². The van der Waals surface area contributed by atoms with Gasteiger partial charge in [0.25, 0.3) is 0 Å². The maximum Gasteiger partial charge on any atom is 0.153 e. The molecule has 0 radical (unpaired) electrons. The van der Waals surface area contributed by atoms with Gasteiger partial charge in [-0.3, -0.25) is 0 Å². The molecule has 1 fully saturated rings. The normalized spacial score (nSPS) is 30.4. The number of benzene rings is 2. The molecular weight excluding hydrogens is 292 g/mol. The maximum atomic E-state index is 10.2. The zero-order valence-electron chi connectivity index (χ0n) is 10.7. The van der Waals surface area contributed by atoms with E-state index in [0.717, 1.165) is 10.8 Å². The van der Waals surface area contributed by atoms with E-state index in [2.05, 4.69) is 12.6 Å². The molecule has 3 nitrogen and oxygen atoms in total. The van der Waals surface area contributed by atoms with Crippen LogP contribution in [0.15, 0.2) is 42.5 Å². The predicted molar refractivity (Wildman–Crippen MR) is 85.6 cm³/mol. The molecule has 0 unspecified atom stereocenters. The Bertz CT molecular complexity index is 599. The van der Waals surface area contributed by atoms with Gasteiger partial charge >= 0.3 is 0 Å². The number of fused-ring (bicyclic) bond motifs is 1. The molecule has 3 rings (SSSR count). The van der Waals surface area contributed by atoms with Crippen LogP contribution in [0.4, 0.5) is 0 Å². The number of thiol groups is 1. The molecule has 0 bridgehead atoms. The van der Waals surface area contributed by atoms with E-state index >= 15 is 0 Å². The van der Waals surface area contributed by atoms with Gasteiger partial charge in [0.2, 0.25) is 0 Å². The topological polar surface area (TPSA) is 49.7 Å². The van der Waals surface area contributed by atoms with Crippen molar-refractivity contribution < 1.29 is 14.9 Å². The van der Waals surface area contributed by atoms with Gasteiger partial charge in [-0.1, -0.05) is 36.4 Å². The third kappa shape index (κ3) is 2.63. The molecule has 0 saturated carbocycles. The highest BCUT2D eigenvalue weighted by Gasteiger charge is 2.38. The van der Waals surface area contributed by atoms with Crippen LogP contribution in [0, 0.1) is 0 Å². The maximum absolute atomic E-state index is 10.2. The Kier molecular flexibility index (Phi) is 4.12. The van der Waals surface area contributed by atoms with Gasteiger partial charge in [0.1, 0.15) is 18.0 Å². The van der Waals surface area contributed by atoms with Crippen molar-refractivity contribution >= 4 is 35.2 Å². The molecule has 106 valence electrons. The van der Waals surface area contributed by atoms with Crippen molar-refractivity contribution in [2.24, 2.45) is 0 Å². The summed E-state index contributed by atoms with van der Waals surface area (Å²) in [6, 6.07) is 13.7. The summed E-state index contributed by atoms with van der Waals surface area (Å²) >= 11 is 5.75. The number of hydrogen-bond donors (Lipinski definition) is 3. The lowest BCUT2D eigenvalue weighted by molar-refractivity contribution is -0.0312. The lowest BCUT2D eigenvalue weighted by Gasteiger charge is -2.35.